The van der Waals surface area contributed by atoms with Gasteiger partial charge in [-0.3, -0.25) is 4.57 Å². The number of methoxy groups -OCH3 is 1. The van der Waals surface area contributed by atoms with E-state index in [1.54, 1.807) is 18.9 Å². The molecule has 0 spiro atoms. The van der Waals surface area contributed by atoms with Crippen LogP contribution in [0.1, 0.15) is 6.92 Å². The number of hydrogen-bond donors (Lipinski definition) is 0. The quantitative estimate of drug-likeness (QED) is 0.486. The average molecular weight is 337 g/mol. The molecule has 1 aromatic heterocycles. The monoisotopic (exact) mass is 337 g/mol. The first-order valence-corrected chi connectivity index (χ1v) is 8.60. The summed E-state index contributed by atoms with van der Waals surface area (Å²) in [4.78, 5) is 0. The van der Waals surface area contributed by atoms with Gasteiger partial charge in [0.25, 0.3) is 0 Å². The first kappa shape index (κ1) is 16.3. The van der Waals surface area contributed by atoms with Crippen LogP contribution >= 0.6 is 11.8 Å². The molecule has 0 radical (unpaired) electrons. The van der Waals surface area contributed by atoms with Crippen molar-refractivity contribution in [2.24, 2.45) is 0 Å². The highest BCUT2D eigenvalue weighted by Gasteiger charge is 2.16. The van der Waals surface area contributed by atoms with Crippen LogP contribution in [0.25, 0.3) is 17.1 Å². The highest BCUT2D eigenvalue weighted by Crippen LogP contribution is 2.29. The van der Waals surface area contributed by atoms with Crippen LogP contribution in [0.2, 0.25) is 0 Å². The highest BCUT2D eigenvalue weighted by atomic mass is 32.2. The molecule has 0 amide bonds. The molecule has 3 rings (SSSR count). The maximum absolute atomic E-state index is 5.25. The van der Waals surface area contributed by atoms with Crippen molar-refractivity contribution < 1.29 is 4.74 Å². The lowest BCUT2D eigenvalue weighted by Crippen LogP contribution is -2.00. The zero-order chi connectivity index (χ0) is 16.9. The minimum Gasteiger partial charge on any atom is -0.497 e. The molecule has 0 aliphatic heterocycles. The minimum absolute atomic E-state index is 0.809. The van der Waals surface area contributed by atoms with Crippen LogP contribution in [0, 0.1) is 0 Å². The van der Waals surface area contributed by atoms with E-state index in [0.717, 1.165) is 39.3 Å². The molecule has 0 unspecified atom stereocenters. The molecule has 0 bridgehead atoms. The van der Waals surface area contributed by atoms with Gasteiger partial charge in [0.15, 0.2) is 11.0 Å². The molecule has 24 heavy (non-hydrogen) atoms. The Bertz CT molecular complexity index is 826. The van der Waals surface area contributed by atoms with Crippen LogP contribution < -0.4 is 4.74 Å². The number of aromatic nitrogens is 3. The van der Waals surface area contributed by atoms with Crippen LogP contribution in [0.5, 0.6) is 5.75 Å². The lowest BCUT2D eigenvalue weighted by molar-refractivity contribution is 0.414. The molecule has 5 heteroatoms. The Hall–Kier alpha value is -2.53. The Kier molecular flexibility index (Phi) is 5.01. The minimum atomic E-state index is 0.809. The summed E-state index contributed by atoms with van der Waals surface area (Å²) in [6.07, 6.45) is 0. The Morgan fingerprint density at radius 2 is 1.79 bits per heavy atom. The zero-order valence-electron chi connectivity index (χ0n) is 13.8. The maximum Gasteiger partial charge on any atom is 0.196 e. The first-order chi connectivity index (χ1) is 11.7. The fourth-order valence-corrected chi connectivity index (χ4v) is 3.08. The molecular formula is C19H19N3OS. The van der Waals surface area contributed by atoms with Crippen molar-refractivity contribution in [3.05, 3.63) is 66.7 Å². The number of hydrogen-bond acceptors (Lipinski definition) is 4. The molecule has 0 aliphatic carbocycles. The molecule has 0 atom stereocenters. The van der Waals surface area contributed by atoms with Crippen molar-refractivity contribution in [1.82, 2.24) is 14.8 Å². The second-order valence-electron chi connectivity index (χ2n) is 5.45. The fraction of sp³-hybridized carbons (Fsp3) is 0.158. The summed E-state index contributed by atoms with van der Waals surface area (Å²) in [6.45, 7) is 5.98. The van der Waals surface area contributed by atoms with Gasteiger partial charge < -0.3 is 4.74 Å². The summed E-state index contributed by atoms with van der Waals surface area (Å²) in [6, 6.07) is 18.0. The number of ether oxygens (including phenoxy) is 1. The molecule has 4 nitrogen and oxygen atoms in total. The van der Waals surface area contributed by atoms with Gasteiger partial charge in [0.1, 0.15) is 5.75 Å². The van der Waals surface area contributed by atoms with E-state index in [0.29, 0.717) is 0 Å². The Labute approximate surface area is 146 Å². The van der Waals surface area contributed by atoms with Crippen molar-refractivity contribution in [2.75, 3.05) is 12.9 Å². The molecule has 122 valence electrons. The number of nitrogens with zero attached hydrogens (tertiary/aromatic N) is 3. The number of thioether (sulfide) groups is 1. The molecule has 3 aromatic rings. The predicted octanol–water partition coefficient (Wildman–Crippen LogP) is 4.61. The van der Waals surface area contributed by atoms with Crippen LogP contribution in [-0.4, -0.2) is 27.6 Å². The van der Waals surface area contributed by atoms with Crippen LogP contribution in [-0.2, 0) is 0 Å². The third-order valence-corrected chi connectivity index (χ3v) is 4.60. The molecule has 0 saturated carbocycles. The van der Waals surface area contributed by atoms with E-state index in [1.807, 2.05) is 61.5 Å². The molecule has 2 aromatic carbocycles. The lowest BCUT2D eigenvalue weighted by atomic mass is 10.2. The second kappa shape index (κ2) is 7.36. The van der Waals surface area contributed by atoms with Crippen molar-refractivity contribution in [3.8, 4) is 22.8 Å². The summed E-state index contributed by atoms with van der Waals surface area (Å²) < 4.78 is 7.33. The third-order valence-electron chi connectivity index (χ3n) is 3.44. The summed E-state index contributed by atoms with van der Waals surface area (Å²) in [7, 11) is 1.66. The van der Waals surface area contributed by atoms with Crippen molar-refractivity contribution in [1.29, 1.82) is 0 Å². The molecular weight excluding hydrogens is 318 g/mol. The fourth-order valence-electron chi connectivity index (χ4n) is 2.29. The highest BCUT2D eigenvalue weighted by molar-refractivity contribution is 7.99. The SMILES string of the molecule is C=C(C)CSc1nnc(-c2ccccc2)n1-c1ccc(OC)cc1. The normalized spacial score (nSPS) is 10.6. The number of rotatable bonds is 6. The van der Waals surface area contributed by atoms with E-state index in [9.17, 15) is 0 Å². The van der Waals surface area contributed by atoms with Crippen molar-refractivity contribution in [3.63, 3.8) is 0 Å². The third kappa shape index (κ3) is 3.51. The molecule has 0 aliphatic rings. The smallest absolute Gasteiger partial charge is 0.196 e. The van der Waals surface area contributed by atoms with Crippen LogP contribution in [0.15, 0.2) is 71.9 Å². The number of benzene rings is 2. The predicted molar refractivity (Wildman–Crippen MR) is 98.9 cm³/mol. The van der Waals surface area contributed by atoms with Crippen LogP contribution in [0.3, 0.4) is 0 Å². The van der Waals surface area contributed by atoms with Gasteiger partial charge in [0.05, 0.1) is 7.11 Å². The van der Waals surface area contributed by atoms with E-state index < -0.39 is 0 Å². The van der Waals surface area contributed by atoms with E-state index >= 15 is 0 Å². The van der Waals surface area contributed by atoms with Crippen molar-refractivity contribution in [2.45, 2.75) is 12.1 Å². The topological polar surface area (TPSA) is 39.9 Å². The molecule has 0 N–H and O–H groups in total. The summed E-state index contributed by atoms with van der Waals surface area (Å²) in [5.74, 6) is 2.46. The van der Waals surface area contributed by atoms with Gasteiger partial charge >= 0.3 is 0 Å². The van der Waals surface area contributed by atoms with E-state index in [2.05, 4.69) is 21.3 Å². The maximum atomic E-state index is 5.25. The summed E-state index contributed by atoms with van der Waals surface area (Å²) in [5.41, 5.74) is 3.14. The summed E-state index contributed by atoms with van der Waals surface area (Å²) >= 11 is 1.63. The largest absolute Gasteiger partial charge is 0.497 e. The summed E-state index contributed by atoms with van der Waals surface area (Å²) in [5, 5.41) is 9.65. The Morgan fingerprint density at radius 1 is 1.08 bits per heavy atom. The average Bonchev–Trinajstić information content (AvgIpc) is 3.04. The van der Waals surface area contributed by atoms with E-state index in [-0.39, 0.29) is 0 Å². The second-order valence-corrected chi connectivity index (χ2v) is 6.39. The zero-order valence-corrected chi connectivity index (χ0v) is 14.6. The lowest BCUT2D eigenvalue weighted by Gasteiger charge is -2.11. The van der Waals surface area contributed by atoms with Gasteiger partial charge in [-0.1, -0.05) is 54.2 Å². The van der Waals surface area contributed by atoms with Crippen LogP contribution in [0.4, 0.5) is 0 Å². The Balaban J connectivity index is 2.08. The van der Waals surface area contributed by atoms with Gasteiger partial charge in [-0.2, -0.15) is 0 Å². The Morgan fingerprint density at radius 3 is 2.42 bits per heavy atom. The first-order valence-electron chi connectivity index (χ1n) is 7.61. The van der Waals surface area contributed by atoms with Gasteiger partial charge in [-0.15, -0.1) is 10.2 Å². The van der Waals surface area contributed by atoms with E-state index in [4.69, 9.17) is 4.74 Å². The molecule has 0 saturated heterocycles. The van der Waals surface area contributed by atoms with Gasteiger partial charge in [0, 0.05) is 17.0 Å². The molecule has 1 heterocycles. The van der Waals surface area contributed by atoms with Crippen molar-refractivity contribution >= 4 is 11.8 Å². The molecule has 0 fully saturated rings. The standard InChI is InChI=1S/C19H19N3OS/c1-14(2)13-24-19-21-20-18(15-7-5-4-6-8-15)22(19)16-9-11-17(23-3)12-10-16/h4-12H,1,13H2,2-3H3. The van der Waals surface area contributed by atoms with E-state index in [1.165, 1.54) is 0 Å². The van der Waals surface area contributed by atoms with Gasteiger partial charge in [-0.05, 0) is 31.2 Å². The van der Waals surface area contributed by atoms with Gasteiger partial charge in [0.2, 0.25) is 0 Å². The van der Waals surface area contributed by atoms with Gasteiger partial charge in [-0.25, -0.2) is 0 Å².